The summed E-state index contributed by atoms with van der Waals surface area (Å²) in [6.45, 7) is 4.53. The van der Waals surface area contributed by atoms with E-state index in [1.54, 1.807) is 23.1 Å². The first-order valence-corrected chi connectivity index (χ1v) is 10.6. The van der Waals surface area contributed by atoms with Crippen molar-refractivity contribution < 1.29 is 27.4 Å². The van der Waals surface area contributed by atoms with Gasteiger partial charge >= 0.3 is 6.18 Å². The van der Waals surface area contributed by atoms with Gasteiger partial charge < -0.3 is 14.4 Å². The maximum atomic E-state index is 13.9. The van der Waals surface area contributed by atoms with E-state index in [2.05, 4.69) is 17.0 Å². The van der Waals surface area contributed by atoms with E-state index in [0.29, 0.717) is 34.0 Å². The summed E-state index contributed by atoms with van der Waals surface area (Å²) < 4.78 is 52.9. The lowest BCUT2D eigenvalue weighted by atomic mass is 9.95. The zero-order valence-corrected chi connectivity index (χ0v) is 18.8. The molecule has 0 N–H and O–H groups in total. The Morgan fingerprint density at radius 3 is 2.45 bits per heavy atom. The van der Waals surface area contributed by atoms with Crippen LogP contribution in [0.15, 0.2) is 30.3 Å². The quantitative estimate of drug-likeness (QED) is 0.563. The van der Waals surface area contributed by atoms with E-state index < -0.39 is 11.9 Å². The predicted octanol–water partition coefficient (Wildman–Crippen LogP) is 4.69. The summed E-state index contributed by atoms with van der Waals surface area (Å²) in [5.41, 5.74) is -0.645. The van der Waals surface area contributed by atoms with Crippen LogP contribution >= 0.6 is 0 Å². The smallest absolute Gasteiger partial charge is 0.433 e. The number of halogens is 3. The van der Waals surface area contributed by atoms with Crippen molar-refractivity contribution in [3.63, 3.8) is 0 Å². The van der Waals surface area contributed by atoms with Gasteiger partial charge in [0.25, 0.3) is 5.91 Å². The Bertz CT molecular complexity index is 1190. The topological polar surface area (TPSA) is 69.0 Å². The van der Waals surface area contributed by atoms with Crippen LogP contribution in [-0.4, -0.2) is 52.2 Å². The number of nitrogens with zero attached hydrogens (tertiary/aromatic N) is 4. The minimum atomic E-state index is -4.70. The molecule has 0 unspecified atom stereocenters. The molecule has 176 valence electrons. The Balaban J connectivity index is 1.82. The van der Waals surface area contributed by atoms with Crippen LogP contribution in [0.4, 0.5) is 13.2 Å². The molecule has 1 aromatic carbocycles. The van der Waals surface area contributed by atoms with E-state index in [-0.39, 0.29) is 29.0 Å². The second-order valence-corrected chi connectivity index (χ2v) is 8.38. The lowest BCUT2D eigenvalue weighted by Crippen LogP contribution is -2.45. The predicted molar refractivity (Wildman–Crippen MR) is 115 cm³/mol. The zero-order valence-electron chi connectivity index (χ0n) is 18.8. The molecule has 1 aliphatic heterocycles. The fourth-order valence-corrected chi connectivity index (χ4v) is 4.14. The molecule has 0 radical (unpaired) electrons. The van der Waals surface area contributed by atoms with Crippen molar-refractivity contribution in [3.8, 4) is 22.8 Å². The summed E-state index contributed by atoms with van der Waals surface area (Å²) in [5.74, 6) is 0.742. The molecule has 2 atom stereocenters. The summed E-state index contributed by atoms with van der Waals surface area (Å²) in [7, 11) is 2.91. The molecule has 1 aliphatic rings. The molecule has 0 saturated carbocycles. The summed E-state index contributed by atoms with van der Waals surface area (Å²) in [4.78, 5) is 19.2. The van der Waals surface area contributed by atoms with Gasteiger partial charge in [0.05, 0.1) is 19.9 Å². The van der Waals surface area contributed by atoms with Crippen molar-refractivity contribution in [2.75, 3.05) is 20.8 Å². The Kier molecular flexibility index (Phi) is 5.94. The molecule has 0 bridgehead atoms. The summed E-state index contributed by atoms with van der Waals surface area (Å²) in [6.07, 6.45) is -2.86. The van der Waals surface area contributed by atoms with Crippen LogP contribution in [0.3, 0.4) is 0 Å². The number of likely N-dealkylation sites (tertiary alicyclic amines) is 1. The molecule has 1 fully saturated rings. The highest BCUT2D eigenvalue weighted by atomic mass is 19.4. The van der Waals surface area contributed by atoms with Gasteiger partial charge in [-0.1, -0.05) is 6.92 Å². The van der Waals surface area contributed by atoms with Crippen LogP contribution < -0.4 is 9.47 Å². The molecule has 33 heavy (non-hydrogen) atoms. The van der Waals surface area contributed by atoms with Crippen LogP contribution in [-0.2, 0) is 6.18 Å². The van der Waals surface area contributed by atoms with E-state index in [1.165, 1.54) is 20.3 Å². The Hall–Kier alpha value is -3.30. The van der Waals surface area contributed by atoms with Gasteiger partial charge in [0.1, 0.15) is 0 Å². The number of ether oxygens (including phenoxy) is 2. The lowest BCUT2D eigenvalue weighted by molar-refractivity contribution is -0.142. The number of hydrogen-bond donors (Lipinski definition) is 0. The third-order valence-corrected chi connectivity index (χ3v) is 5.99. The number of methoxy groups -OCH3 is 2. The molecule has 0 spiro atoms. The number of alkyl halides is 3. The number of benzene rings is 1. The maximum absolute atomic E-state index is 13.9. The molecular formula is C23H25F3N4O3. The minimum Gasteiger partial charge on any atom is -0.493 e. The zero-order chi connectivity index (χ0) is 23.9. The van der Waals surface area contributed by atoms with Crippen molar-refractivity contribution in [2.24, 2.45) is 5.92 Å². The highest BCUT2D eigenvalue weighted by molar-refractivity contribution is 5.93. The SMILES string of the molecule is COc1ccc(-c2cc(C(F)(F)F)n3nc(C(=O)N4C[C@@H](C)CC[C@H]4C)cc3n2)cc1OC. The lowest BCUT2D eigenvalue weighted by Gasteiger charge is -2.36. The van der Waals surface area contributed by atoms with Gasteiger partial charge in [0.2, 0.25) is 0 Å². The van der Waals surface area contributed by atoms with E-state index in [9.17, 15) is 18.0 Å². The van der Waals surface area contributed by atoms with Crippen LogP contribution in [0.1, 0.15) is 42.9 Å². The monoisotopic (exact) mass is 462 g/mol. The Labute approximate surface area is 189 Å². The summed E-state index contributed by atoms with van der Waals surface area (Å²) >= 11 is 0. The first kappa shape index (κ1) is 22.9. The van der Waals surface area contributed by atoms with Crippen molar-refractivity contribution in [1.82, 2.24) is 19.5 Å². The van der Waals surface area contributed by atoms with Crippen LogP contribution in [0, 0.1) is 5.92 Å². The number of piperidine rings is 1. The maximum Gasteiger partial charge on any atom is 0.433 e. The third-order valence-electron chi connectivity index (χ3n) is 5.99. The van der Waals surface area contributed by atoms with Gasteiger partial charge in [-0.15, -0.1) is 0 Å². The van der Waals surface area contributed by atoms with Crippen molar-refractivity contribution >= 4 is 11.6 Å². The number of rotatable bonds is 4. The van der Waals surface area contributed by atoms with Crippen LogP contribution in [0.25, 0.3) is 16.9 Å². The molecule has 2 aromatic heterocycles. The highest BCUT2D eigenvalue weighted by Crippen LogP contribution is 2.35. The van der Waals surface area contributed by atoms with Crippen LogP contribution in [0.2, 0.25) is 0 Å². The molecule has 3 heterocycles. The Morgan fingerprint density at radius 1 is 1.06 bits per heavy atom. The average molecular weight is 462 g/mol. The van der Waals surface area contributed by atoms with Gasteiger partial charge in [0.15, 0.2) is 28.5 Å². The number of carbonyl (C=O) groups excluding carboxylic acids is 1. The van der Waals surface area contributed by atoms with Gasteiger partial charge in [-0.05, 0) is 49.9 Å². The van der Waals surface area contributed by atoms with E-state index >= 15 is 0 Å². The normalized spacial score (nSPS) is 19.1. The molecule has 0 aliphatic carbocycles. The average Bonchev–Trinajstić information content (AvgIpc) is 3.22. The minimum absolute atomic E-state index is 0.00381. The standard InChI is InChI=1S/C23H25F3N4O3/c1-13-5-6-14(2)29(12-13)22(31)17-11-21-27-16(10-20(23(24,25)26)30(21)28-17)15-7-8-18(32-3)19(9-15)33-4/h7-11,13-14H,5-6,12H2,1-4H3/t13-,14+/m0/s1. The van der Waals surface area contributed by atoms with Crippen molar-refractivity contribution in [3.05, 3.63) is 41.7 Å². The molecule has 1 amide bonds. The van der Waals surface area contributed by atoms with Gasteiger partial charge in [0, 0.05) is 24.2 Å². The summed E-state index contributed by atoms with van der Waals surface area (Å²) in [6, 6.07) is 6.97. The van der Waals surface area contributed by atoms with Crippen LogP contribution in [0.5, 0.6) is 11.5 Å². The third kappa shape index (κ3) is 4.34. The van der Waals surface area contributed by atoms with E-state index in [1.807, 2.05) is 6.92 Å². The van der Waals surface area contributed by atoms with Gasteiger partial charge in [-0.3, -0.25) is 4.79 Å². The highest BCUT2D eigenvalue weighted by Gasteiger charge is 2.36. The van der Waals surface area contributed by atoms with E-state index in [0.717, 1.165) is 18.9 Å². The number of aromatic nitrogens is 3. The first-order valence-electron chi connectivity index (χ1n) is 10.6. The molecule has 1 saturated heterocycles. The van der Waals surface area contributed by atoms with Gasteiger partial charge in [-0.2, -0.15) is 18.3 Å². The number of hydrogen-bond acceptors (Lipinski definition) is 5. The number of carbonyl (C=O) groups is 1. The number of amides is 1. The van der Waals surface area contributed by atoms with Crippen molar-refractivity contribution in [2.45, 2.75) is 38.9 Å². The second kappa shape index (κ2) is 8.57. The van der Waals surface area contributed by atoms with Gasteiger partial charge in [-0.25, -0.2) is 9.50 Å². The Morgan fingerprint density at radius 2 is 1.79 bits per heavy atom. The molecule has 3 aromatic rings. The van der Waals surface area contributed by atoms with Crippen molar-refractivity contribution in [1.29, 1.82) is 0 Å². The molecule has 7 nitrogen and oxygen atoms in total. The molecule has 4 rings (SSSR count). The summed E-state index contributed by atoms with van der Waals surface area (Å²) in [5, 5.41) is 4.01. The second-order valence-electron chi connectivity index (χ2n) is 8.38. The fraction of sp³-hybridized carbons (Fsp3) is 0.435. The molecular weight excluding hydrogens is 437 g/mol. The fourth-order valence-electron chi connectivity index (χ4n) is 4.14. The molecule has 10 heteroatoms. The number of fused-ring (bicyclic) bond motifs is 1. The van der Waals surface area contributed by atoms with E-state index in [4.69, 9.17) is 9.47 Å². The largest absolute Gasteiger partial charge is 0.493 e. The first-order chi connectivity index (χ1) is 15.6.